The van der Waals surface area contributed by atoms with Crippen molar-refractivity contribution in [3.05, 3.63) is 45.4 Å². The Morgan fingerprint density at radius 2 is 2.29 bits per heavy atom. The number of hydrogen-bond donors (Lipinski definition) is 3. The van der Waals surface area contributed by atoms with Crippen LogP contribution in [0.1, 0.15) is 27.7 Å². The van der Waals surface area contributed by atoms with Crippen molar-refractivity contribution in [2.24, 2.45) is 5.73 Å². The summed E-state index contributed by atoms with van der Waals surface area (Å²) >= 11 is 1.52. The summed E-state index contributed by atoms with van der Waals surface area (Å²) in [7, 11) is 0. The van der Waals surface area contributed by atoms with Gasteiger partial charge in [0, 0.05) is 22.2 Å². The molecule has 0 fully saturated rings. The third-order valence-electron chi connectivity index (χ3n) is 2.69. The molecule has 0 spiro atoms. The molecule has 4 nitrogen and oxygen atoms in total. The first-order valence-electron chi connectivity index (χ1n) is 5.22. The van der Waals surface area contributed by atoms with E-state index in [1.807, 2.05) is 17.5 Å². The molecule has 2 rings (SSSR count). The van der Waals surface area contributed by atoms with E-state index in [9.17, 15) is 10.2 Å². The maximum atomic E-state index is 10.0. The normalized spacial score (nSPS) is 12.6. The van der Waals surface area contributed by atoms with Gasteiger partial charge >= 0.3 is 0 Å². The Hall–Kier alpha value is -1.43. The van der Waals surface area contributed by atoms with Gasteiger partial charge in [-0.25, -0.2) is 0 Å². The molecule has 0 aliphatic rings. The Morgan fingerprint density at radius 3 is 2.88 bits per heavy atom. The zero-order chi connectivity index (χ0) is 12.4. The third kappa shape index (κ3) is 2.17. The van der Waals surface area contributed by atoms with E-state index < -0.39 is 6.04 Å². The number of thiophene rings is 1. The van der Waals surface area contributed by atoms with Crippen molar-refractivity contribution in [3.63, 3.8) is 0 Å². The average molecular weight is 250 g/mol. The van der Waals surface area contributed by atoms with Gasteiger partial charge in [0.2, 0.25) is 0 Å². The number of aromatic hydroxyl groups is 1. The Labute approximate surface area is 103 Å². The molecule has 0 unspecified atom stereocenters. The summed E-state index contributed by atoms with van der Waals surface area (Å²) in [6.45, 7) is 1.52. The lowest BCUT2D eigenvalue weighted by Crippen LogP contribution is -2.14. The molecule has 0 aromatic carbocycles. The smallest absolute Gasteiger partial charge is 0.142 e. The highest BCUT2D eigenvalue weighted by Crippen LogP contribution is 2.33. The molecule has 2 aromatic rings. The van der Waals surface area contributed by atoms with Gasteiger partial charge in [0.05, 0.1) is 18.3 Å². The molecule has 0 aliphatic heterocycles. The summed E-state index contributed by atoms with van der Waals surface area (Å²) in [6, 6.07) is 3.38. The Morgan fingerprint density at radius 1 is 1.53 bits per heavy atom. The van der Waals surface area contributed by atoms with Crippen LogP contribution in [0.25, 0.3) is 0 Å². The molecule has 4 N–H and O–H groups in total. The highest BCUT2D eigenvalue weighted by Gasteiger charge is 2.20. The summed E-state index contributed by atoms with van der Waals surface area (Å²) in [5.41, 5.74) is 7.76. The average Bonchev–Trinajstić information content (AvgIpc) is 2.85. The molecule has 5 heteroatoms. The molecular formula is C12H14N2O2S. The fourth-order valence-electron chi connectivity index (χ4n) is 1.74. The van der Waals surface area contributed by atoms with Crippen molar-refractivity contribution in [2.75, 3.05) is 0 Å². The maximum absolute atomic E-state index is 10.0. The van der Waals surface area contributed by atoms with E-state index in [1.165, 1.54) is 11.3 Å². The second-order valence-electron chi connectivity index (χ2n) is 3.78. The van der Waals surface area contributed by atoms with Crippen molar-refractivity contribution in [1.82, 2.24) is 4.98 Å². The topological polar surface area (TPSA) is 79.4 Å². The van der Waals surface area contributed by atoms with Crippen LogP contribution in [0.15, 0.2) is 23.7 Å². The quantitative estimate of drug-likeness (QED) is 0.774. The Balaban J connectivity index is 2.53. The number of rotatable bonds is 3. The van der Waals surface area contributed by atoms with Gasteiger partial charge in [-0.15, -0.1) is 11.3 Å². The van der Waals surface area contributed by atoms with E-state index in [1.54, 1.807) is 13.1 Å². The number of hydrogen-bond acceptors (Lipinski definition) is 5. The van der Waals surface area contributed by atoms with Crippen LogP contribution in [-0.2, 0) is 6.61 Å². The molecule has 17 heavy (non-hydrogen) atoms. The molecule has 0 saturated carbocycles. The SMILES string of the molecule is Cc1ncc(CO)c([C@H](N)c2cccs2)c1O. The standard InChI is InChI=1S/C12H14N2O2S/c1-7-12(16)10(8(6-15)5-14-7)11(13)9-3-2-4-17-9/h2-5,11,15-16H,6,13H2,1H3/t11-/m1/s1. The van der Waals surface area contributed by atoms with Crippen LogP contribution in [0.3, 0.4) is 0 Å². The number of nitrogens with zero attached hydrogens (tertiary/aromatic N) is 1. The molecule has 0 radical (unpaired) electrons. The van der Waals surface area contributed by atoms with Crippen LogP contribution < -0.4 is 5.73 Å². The van der Waals surface area contributed by atoms with E-state index in [-0.39, 0.29) is 12.4 Å². The van der Waals surface area contributed by atoms with Crippen molar-refractivity contribution >= 4 is 11.3 Å². The maximum Gasteiger partial charge on any atom is 0.142 e. The highest BCUT2D eigenvalue weighted by molar-refractivity contribution is 7.10. The molecule has 0 amide bonds. The van der Waals surface area contributed by atoms with E-state index >= 15 is 0 Å². The van der Waals surface area contributed by atoms with Gasteiger partial charge in [0.25, 0.3) is 0 Å². The van der Waals surface area contributed by atoms with Crippen molar-refractivity contribution < 1.29 is 10.2 Å². The van der Waals surface area contributed by atoms with Gasteiger partial charge in [-0.3, -0.25) is 4.98 Å². The molecule has 2 heterocycles. The lowest BCUT2D eigenvalue weighted by atomic mass is 10.00. The Bertz CT molecular complexity index is 511. The van der Waals surface area contributed by atoms with Gasteiger partial charge in [0.15, 0.2) is 0 Å². The number of pyridine rings is 1. The van der Waals surface area contributed by atoms with Crippen LogP contribution in [0, 0.1) is 6.92 Å². The molecule has 2 aromatic heterocycles. The molecule has 1 atom stereocenters. The fourth-order valence-corrected chi connectivity index (χ4v) is 2.47. The van der Waals surface area contributed by atoms with Crippen molar-refractivity contribution in [1.29, 1.82) is 0 Å². The van der Waals surface area contributed by atoms with Crippen LogP contribution in [-0.4, -0.2) is 15.2 Å². The third-order valence-corrected chi connectivity index (χ3v) is 3.64. The lowest BCUT2D eigenvalue weighted by Gasteiger charge is -2.16. The first kappa shape index (κ1) is 12.0. The van der Waals surface area contributed by atoms with Gasteiger partial charge < -0.3 is 15.9 Å². The molecule has 0 saturated heterocycles. The number of aliphatic hydroxyl groups is 1. The first-order valence-corrected chi connectivity index (χ1v) is 6.10. The number of aryl methyl sites for hydroxylation is 1. The Kier molecular flexibility index (Phi) is 3.42. The second kappa shape index (κ2) is 4.83. The zero-order valence-corrected chi connectivity index (χ0v) is 10.2. The van der Waals surface area contributed by atoms with E-state index in [0.717, 1.165) is 4.88 Å². The molecular weight excluding hydrogens is 236 g/mol. The van der Waals surface area contributed by atoms with Crippen LogP contribution in [0.2, 0.25) is 0 Å². The van der Waals surface area contributed by atoms with Crippen molar-refractivity contribution in [2.45, 2.75) is 19.6 Å². The van der Waals surface area contributed by atoms with Crippen molar-refractivity contribution in [3.8, 4) is 5.75 Å². The largest absolute Gasteiger partial charge is 0.506 e. The van der Waals surface area contributed by atoms with Gasteiger partial charge in [0.1, 0.15) is 5.75 Å². The summed E-state index contributed by atoms with van der Waals surface area (Å²) in [5.74, 6) is 0.0671. The minimum atomic E-state index is -0.432. The highest BCUT2D eigenvalue weighted by atomic mass is 32.1. The number of nitrogens with two attached hydrogens (primary N) is 1. The van der Waals surface area contributed by atoms with Crippen LogP contribution >= 0.6 is 11.3 Å². The summed E-state index contributed by atoms with van der Waals surface area (Å²) in [5, 5.41) is 21.2. The molecule has 0 bridgehead atoms. The monoisotopic (exact) mass is 250 g/mol. The summed E-state index contributed by atoms with van der Waals surface area (Å²) < 4.78 is 0. The van der Waals surface area contributed by atoms with Gasteiger partial charge in [-0.05, 0) is 18.4 Å². The molecule has 90 valence electrons. The number of aliphatic hydroxyl groups excluding tert-OH is 1. The molecule has 0 aliphatic carbocycles. The van der Waals surface area contributed by atoms with Crippen LogP contribution in [0.4, 0.5) is 0 Å². The number of aromatic nitrogens is 1. The lowest BCUT2D eigenvalue weighted by molar-refractivity contribution is 0.278. The minimum Gasteiger partial charge on any atom is -0.506 e. The summed E-state index contributed by atoms with van der Waals surface area (Å²) in [4.78, 5) is 4.96. The van der Waals surface area contributed by atoms with Gasteiger partial charge in [-0.2, -0.15) is 0 Å². The predicted octanol–water partition coefficient (Wildman–Crippen LogP) is 1.70. The first-order chi connectivity index (χ1) is 8.15. The van der Waals surface area contributed by atoms with Crippen LogP contribution in [0.5, 0.6) is 5.75 Å². The van der Waals surface area contributed by atoms with E-state index in [0.29, 0.717) is 16.8 Å². The van der Waals surface area contributed by atoms with E-state index in [2.05, 4.69) is 4.98 Å². The van der Waals surface area contributed by atoms with E-state index in [4.69, 9.17) is 5.73 Å². The minimum absolute atomic E-state index is 0.0671. The fraction of sp³-hybridized carbons (Fsp3) is 0.250. The predicted molar refractivity (Wildman–Crippen MR) is 66.9 cm³/mol. The zero-order valence-electron chi connectivity index (χ0n) is 9.42. The van der Waals surface area contributed by atoms with Gasteiger partial charge in [-0.1, -0.05) is 6.07 Å². The summed E-state index contributed by atoms with van der Waals surface area (Å²) in [6.07, 6.45) is 1.55. The second-order valence-corrected chi connectivity index (χ2v) is 4.76.